The minimum Gasteiger partial charge on any atom is -0.460 e. The van der Waals surface area contributed by atoms with Crippen LogP contribution in [-0.2, 0) is 16.1 Å². The highest BCUT2D eigenvalue weighted by Gasteiger charge is 2.42. The molecule has 3 nitrogen and oxygen atoms in total. The second-order valence-electron chi connectivity index (χ2n) is 6.29. The summed E-state index contributed by atoms with van der Waals surface area (Å²) in [6, 6.07) is 9.77. The monoisotopic (exact) mass is 273 g/mol. The van der Waals surface area contributed by atoms with Gasteiger partial charge < -0.3 is 10.1 Å². The third-order valence-corrected chi connectivity index (χ3v) is 4.78. The van der Waals surface area contributed by atoms with Gasteiger partial charge in [-0.15, -0.1) is 0 Å². The van der Waals surface area contributed by atoms with Crippen LogP contribution in [0, 0.1) is 5.41 Å². The van der Waals surface area contributed by atoms with Crippen molar-refractivity contribution in [2.24, 2.45) is 5.41 Å². The van der Waals surface area contributed by atoms with Gasteiger partial charge in [0.15, 0.2) is 0 Å². The van der Waals surface area contributed by atoms with Gasteiger partial charge in [0.1, 0.15) is 12.6 Å². The lowest BCUT2D eigenvalue weighted by molar-refractivity contribution is -0.147. The van der Waals surface area contributed by atoms with Gasteiger partial charge in [-0.2, -0.15) is 0 Å². The van der Waals surface area contributed by atoms with Crippen LogP contribution in [0.4, 0.5) is 0 Å². The lowest BCUT2D eigenvalue weighted by atomic mass is 9.73. The van der Waals surface area contributed by atoms with Crippen molar-refractivity contribution in [2.45, 2.75) is 51.2 Å². The molecule has 0 radical (unpaired) electrons. The highest BCUT2D eigenvalue weighted by Crippen LogP contribution is 2.42. The molecule has 1 aliphatic heterocycles. The van der Waals surface area contributed by atoms with E-state index in [-0.39, 0.29) is 12.0 Å². The van der Waals surface area contributed by atoms with Gasteiger partial charge in [0, 0.05) is 6.54 Å². The molecule has 108 valence electrons. The Morgan fingerprint density at radius 2 is 1.95 bits per heavy atom. The molecule has 0 aromatic heterocycles. The van der Waals surface area contributed by atoms with E-state index in [1.807, 2.05) is 30.3 Å². The minimum atomic E-state index is -0.100. The summed E-state index contributed by atoms with van der Waals surface area (Å²) in [5, 5.41) is 3.38. The van der Waals surface area contributed by atoms with E-state index in [1.54, 1.807) is 0 Å². The molecule has 0 amide bonds. The minimum absolute atomic E-state index is 0.0868. The maximum atomic E-state index is 12.2. The lowest BCUT2D eigenvalue weighted by Crippen LogP contribution is -2.32. The summed E-state index contributed by atoms with van der Waals surface area (Å²) in [4.78, 5) is 12.2. The van der Waals surface area contributed by atoms with Gasteiger partial charge in [0.2, 0.25) is 0 Å². The van der Waals surface area contributed by atoms with Crippen LogP contribution < -0.4 is 5.32 Å². The van der Waals surface area contributed by atoms with Crippen LogP contribution in [0.15, 0.2) is 30.3 Å². The van der Waals surface area contributed by atoms with Crippen LogP contribution in [0.5, 0.6) is 0 Å². The van der Waals surface area contributed by atoms with E-state index >= 15 is 0 Å². The fraction of sp³-hybridized carbons (Fsp3) is 0.588. The van der Waals surface area contributed by atoms with E-state index in [1.165, 1.54) is 32.1 Å². The normalized spacial score (nSPS) is 24.7. The predicted molar refractivity (Wildman–Crippen MR) is 78.2 cm³/mol. The summed E-state index contributed by atoms with van der Waals surface area (Å²) < 4.78 is 5.44. The maximum absolute atomic E-state index is 12.2. The van der Waals surface area contributed by atoms with Gasteiger partial charge in [0.25, 0.3) is 0 Å². The van der Waals surface area contributed by atoms with E-state index in [2.05, 4.69) is 5.32 Å². The standard InChI is InChI=1S/C17H23NO2/c19-16(20-12-14-7-3-1-4-8-14)15-11-17(13-18-15)9-5-2-6-10-17/h1,3-4,7-8,15,18H,2,5-6,9-13H2/t15-/m0/s1. The van der Waals surface area contributed by atoms with Crippen molar-refractivity contribution in [1.29, 1.82) is 0 Å². The molecule has 2 fully saturated rings. The fourth-order valence-corrected chi connectivity index (χ4v) is 3.60. The van der Waals surface area contributed by atoms with Crippen molar-refractivity contribution in [3.63, 3.8) is 0 Å². The van der Waals surface area contributed by atoms with Crippen LogP contribution in [0.3, 0.4) is 0 Å². The Morgan fingerprint density at radius 1 is 1.20 bits per heavy atom. The number of benzene rings is 1. The Morgan fingerprint density at radius 3 is 2.70 bits per heavy atom. The molecule has 1 aromatic carbocycles. The number of ether oxygens (including phenoxy) is 1. The molecule has 1 aliphatic carbocycles. The first-order valence-electron chi connectivity index (χ1n) is 7.71. The third-order valence-electron chi connectivity index (χ3n) is 4.78. The summed E-state index contributed by atoms with van der Waals surface area (Å²) in [6.07, 6.45) is 7.47. The number of carbonyl (C=O) groups excluding carboxylic acids is 1. The van der Waals surface area contributed by atoms with Gasteiger partial charge in [-0.25, -0.2) is 0 Å². The van der Waals surface area contributed by atoms with Gasteiger partial charge in [0.05, 0.1) is 0 Å². The molecular formula is C17H23NO2. The summed E-state index contributed by atoms with van der Waals surface area (Å²) >= 11 is 0. The van der Waals surface area contributed by atoms with Crippen molar-refractivity contribution in [3.8, 4) is 0 Å². The average molecular weight is 273 g/mol. The molecule has 1 atom stereocenters. The molecule has 2 aliphatic rings. The summed E-state index contributed by atoms with van der Waals surface area (Å²) in [5.74, 6) is -0.0868. The van der Waals surface area contributed by atoms with E-state index in [4.69, 9.17) is 4.74 Å². The zero-order chi connectivity index (χ0) is 13.8. The number of hydrogen-bond acceptors (Lipinski definition) is 3. The smallest absolute Gasteiger partial charge is 0.323 e. The molecule has 1 heterocycles. The first kappa shape index (κ1) is 13.6. The van der Waals surface area contributed by atoms with Crippen LogP contribution in [0.2, 0.25) is 0 Å². The zero-order valence-electron chi connectivity index (χ0n) is 11.9. The molecule has 0 bridgehead atoms. The number of carbonyl (C=O) groups is 1. The van der Waals surface area contributed by atoms with Crippen LogP contribution in [0.25, 0.3) is 0 Å². The molecule has 1 saturated heterocycles. The molecule has 3 rings (SSSR count). The summed E-state index contributed by atoms with van der Waals surface area (Å²) in [6.45, 7) is 1.36. The first-order valence-corrected chi connectivity index (χ1v) is 7.71. The molecule has 20 heavy (non-hydrogen) atoms. The van der Waals surface area contributed by atoms with Gasteiger partial charge in [-0.05, 0) is 30.2 Å². The molecular weight excluding hydrogens is 250 g/mol. The quantitative estimate of drug-likeness (QED) is 0.860. The van der Waals surface area contributed by atoms with E-state index < -0.39 is 0 Å². The number of hydrogen-bond donors (Lipinski definition) is 1. The number of esters is 1. The lowest BCUT2D eigenvalue weighted by Gasteiger charge is -2.32. The molecule has 1 aromatic rings. The van der Waals surface area contributed by atoms with E-state index in [9.17, 15) is 4.79 Å². The average Bonchev–Trinajstić information content (AvgIpc) is 2.90. The Bertz CT molecular complexity index is 451. The predicted octanol–water partition coefficient (Wildman–Crippen LogP) is 3.04. The zero-order valence-corrected chi connectivity index (χ0v) is 11.9. The van der Waals surface area contributed by atoms with Crippen molar-refractivity contribution < 1.29 is 9.53 Å². The van der Waals surface area contributed by atoms with Crippen LogP contribution >= 0.6 is 0 Å². The van der Waals surface area contributed by atoms with Crippen LogP contribution in [-0.4, -0.2) is 18.6 Å². The highest BCUT2D eigenvalue weighted by molar-refractivity contribution is 5.76. The SMILES string of the molecule is O=C(OCc1ccccc1)[C@@H]1CC2(CCCCC2)CN1. The Hall–Kier alpha value is -1.35. The molecule has 1 saturated carbocycles. The third kappa shape index (κ3) is 3.04. The van der Waals surface area contributed by atoms with E-state index in [0.717, 1.165) is 18.5 Å². The number of rotatable bonds is 3. The number of nitrogens with one attached hydrogen (secondary N) is 1. The Kier molecular flexibility index (Phi) is 4.06. The fourth-order valence-electron chi connectivity index (χ4n) is 3.60. The maximum Gasteiger partial charge on any atom is 0.323 e. The van der Waals surface area contributed by atoms with Gasteiger partial charge >= 0.3 is 5.97 Å². The van der Waals surface area contributed by atoms with Crippen molar-refractivity contribution in [1.82, 2.24) is 5.32 Å². The highest BCUT2D eigenvalue weighted by atomic mass is 16.5. The van der Waals surface area contributed by atoms with Crippen molar-refractivity contribution in [3.05, 3.63) is 35.9 Å². The van der Waals surface area contributed by atoms with Crippen molar-refractivity contribution in [2.75, 3.05) is 6.54 Å². The second kappa shape index (κ2) is 5.96. The molecule has 0 unspecified atom stereocenters. The van der Waals surface area contributed by atoms with Gasteiger partial charge in [-0.3, -0.25) is 4.79 Å². The van der Waals surface area contributed by atoms with Gasteiger partial charge in [-0.1, -0.05) is 49.6 Å². The van der Waals surface area contributed by atoms with Crippen molar-refractivity contribution >= 4 is 5.97 Å². The summed E-state index contributed by atoms with van der Waals surface area (Å²) in [7, 11) is 0. The largest absolute Gasteiger partial charge is 0.460 e. The topological polar surface area (TPSA) is 38.3 Å². The molecule has 3 heteroatoms. The second-order valence-corrected chi connectivity index (χ2v) is 6.29. The Balaban J connectivity index is 1.51. The first-order chi connectivity index (χ1) is 9.77. The Labute approximate surface area is 120 Å². The van der Waals surface area contributed by atoms with E-state index in [0.29, 0.717) is 12.0 Å². The van der Waals surface area contributed by atoms with Crippen LogP contribution in [0.1, 0.15) is 44.1 Å². The summed E-state index contributed by atoms with van der Waals surface area (Å²) in [5.41, 5.74) is 1.42. The molecule has 1 spiro atoms. The molecule has 1 N–H and O–H groups in total.